The molecule has 2 heterocycles. The molecule has 2 aromatic rings. The standard InChI is InChI=1S/C26H34ClN3O4S/c1-19(2)20-9-10-24(34-3)25(16-20)35(32,33)30-11-5-6-21(18-30)26(31)29-14-12-28(13-15-29)23-8-4-7-22(27)17-23/h4,7-10,16-17,19,21H,5-6,11-15,18H2,1-3H3/t21-/m1/s1. The maximum Gasteiger partial charge on any atom is 0.246 e. The molecule has 0 N–H and O–H groups in total. The predicted octanol–water partition coefficient (Wildman–Crippen LogP) is 4.22. The molecule has 0 spiro atoms. The number of carbonyl (C=O) groups is 1. The lowest BCUT2D eigenvalue weighted by Gasteiger charge is -2.39. The molecule has 0 unspecified atom stereocenters. The first-order valence-electron chi connectivity index (χ1n) is 12.2. The van der Waals surface area contributed by atoms with Gasteiger partial charge in [0.25, 0.3) is 0 Å². The predicted molar refractivity (Wildman–Crippen MR) is 139 cm³/mol. The normalized spacial score (nSPS) is 19.7. The number of hydrogen-bond acceptors (Lipinski definition) is 5. The van der Waals surface area contributed by atoms with Gasteiger partial charge >= 0.3 is 0 Å². The number of piperidine rings is 1. The quantitative estimate of drug-likeness (QED) is 0.571. The third kappa shape index (κ3) is 5.60. The Morgan fingerprint density at radius 1 is 1.06 bits per heavy atom. The number of amides is 1. The molecule has 2 aromatic carbocycles. The minimum atomic E-state index is -3.79. The molecule has 0 saturated carbocycles. The summed E-state index contributed by atoms with van der Waals surface area (Å²) in [5.74, 6) is 0.227. The maximum absolute atomic E-state index is 13.6. The van der Waals surface area contributed by atoms with Crippen LogP contribution in [0.5, 0.6) is 5.75 Å². The third-order valence-electron chi connectivity index (χ3n) is 6.97. The number of ether oxygens (including phenoxy) is 1. The molecule has 7 nitrogen and oxygen atoms in total. The molecular formula is C26H34ClN3O4S. The largest absolute Gasteiger partial charge is 0.495 e. The Balaban J connectivity index is 1.45. The Labute approximate surface area is 213 Å². The van der Waals surface area contributed by atoms with Crippen molar-refractivity contribution in [1.82, 2.24) is 9.21 Å². The number of methoxy groups -OCH3 is 1. The summed E-state index contributed by atoms with van der Waals surface area (Å²) in [7, 11) is -2.31. The molecular weight excluding hydrogens is 486 g/mol. The smallest absolute Gasteiger partial charge is 0.246 e. The van der Waals surface area contributed by atoms with Gasteiger partial charge in [0.2, 0.25) is 15.9 Å². The topological polar surface area (TPSA) is 70.2 Å². The van der Waals surface area contributed by atoms with Crippen molar-refractivity contribution in [2.45, 2.75) is 37.5 Å². The van der Waals surface area contributed by atoms with Crippen molar-refractivity contribution in [3.8, 4) is 5.75 Å². The summed E-state index contributed by atoms with van der Waals surface area (Å²) in [6, 6.07) is 13.1. The summed E-state index contributed by atoms with van der Waals surface area (Å²) in [4.78, 5) is 17.6. The zero-order valence-corrected chi connectivity index (χ0v) is 22.2. The van der Waals surface area contributed by atoms with Crippen LogP contribution in [0.1, 0.15) is 38.2 Å². The van der Waals surface area contributed by atoms with E-state index in [0.29, 0.717) is 43.2 Å². The van der Waals surface area contributed by atoms with Crippen molar-refractivity contribution in [2.24, 2.45) is 5.92 Å². The fraction of sp³-hybridized carbons (Fsp3) is 0.500. The van der Waals surface area contributed by atoms with Gasteiger partial charge in [0, 0.05) is 50.0 Å². The monoisotopic (exact) mass is 519 g/mol. The van der Waals surface area contributed by atoms with Crippen LogP contribution < -0.4 is 9.64 Å². The number of halogens is 1. The molecule has 1 amide bonds. The van der Waals surface area contributed by atoms with Crippen LogP contribution in [-0.4, -0.2) is 69.9 Å². The summed E-state index contributed by atoms with van der Waals surface area (Å²) in [6.07, 6.45) is 1.35. The summed E-state index contributed by atoms with van der Waals surface area (Å²) in [5.41, 5.74) is 1.99. The molecule has 1 atom stereocenters. The van der Waals surface area contributed by atoms with Crippen molar-refractivity contribution in [3.05, 3.63) is 53.1 Å². The molecule has 0 bridgehead atoms. The first-order chi connectivity index (χ1) is 16.7. The SMILES string of the molecule is COc1ccc(C(C)C)cc1S(=O)(=O)N1CCC[C@@H](C(=O)N2CCN(c3cccc(Cl)c3)CC2)C1. The van der Waals surface area contributed by atoms with E-state index >= 15 is 0 Å². The van der Waals surface area contributed by atoms with E-state index < -0.39 is 10.0 Å². The van der Waals surface area contributed by atoms with E-state index in [1.807, 2.05) is 49.1 Å². The van der Waals surface area contributed by atoms with Gasteiger partial charge in [0.05, 0.1) is 13.0 Å². The van der Waals surface area contributed by atoms with Gasteiger partial charge in [-0.3, -0.25) is 4.79 Å². The van der Waals surface area contributed by atoms with E-state index in [2.05, 4.69) is 4.90 Å². The van der Waals surface area contributed by atoms with E-state index in [1.54, 1.807) is 12.1 Å². The number of benzene rings is 2. The summed E-state index contributed by atoms with van der Waals surface area (Å²) in [5, 5.41) is 0.695. The Morgan fingerprint density at radius 2 is 1.80 bits per heavy atom. The number of rotatable bonds is 6. The Bertz CT molecular complexity index is 1160. The number of nitrogens with zero attached hydrogens (tertiary/aromatic N) is 3. The van der Waals surface area contributed by atoms with Gasteiger partial charge in [-0.15, -0.1) is 0 Å². The number of hydrogen-bond donors (Lipinski definition) is 0. The average Bonchev–Trinajstić information content (AvgIpc) is 2.88. The van der Waals surface area contributed by atoms with Gasteiger partial charge in [-0.2, -0.15) is 4.31 Å². The molecule has 35 heavy (non-hydrogen) atoms. The highest BCUT2D eigenvalue weighted by atomic mass is 35.5. The maximum atomic E-state index is 13.6. The van der Waals surface area contributed by atoms with Crippen molar-refractivity contribution >= 4 is 33.2 Å². The number of anilines is 1. The highest BCUT2D eigenvalue weighted by Gasteiger charge is 2.37. The lowest BCUT2D eigenvalue weighted by atomic mass is 9.97. The van der Waals surface area contributed by atoms with Gasteiger partial charge in [-0.05, 0) is 54.7 Å². The number of carbonyl (C=O) groups excluding carboxylic acids is 1. The molecule has 190 valence electrons. The third-order valence-corrected chi connectivity index (χ3v) is 9.09. The minimum absolute atomic E-state index is 0.0403. The van der Waals surface area contributed by atoms with Crippen LogP contribution in [0.3, 0.4) is 0 Å². The summed E-state index contributed by atoms with van der Waals surface area (Å²) in [6.45, 7) is 7.33. The second-order valence-electron chi connectivity index (χ2n) is 9.56. The molecule has 0 radical (unpaired) electrons. The van der Waals surface area contributed by atoms with E-state index in [-0.39, 0.29) is 29.2 Å². The Hall–Kier alpha value is -2.29. The van der Waals surface area contributed by atoms with Gasteiger partial charge in [-0.25, -0.2) is 8.42 Å². The first-order valence-corrected chi connectivity index (χ1v) is 14.0. The molecule has 0 aliphatic carbocycles. The summed E-state index contributed by atoms with van der Waals surface area (Å²) >= 11 is 6.13. The van der Waals surface area contributed by atoms with Crippen LogP contribution in [0.15, 0.2) is 47.4 Å². The highest BCUT2D eigenvalue weighted by molar-refractivity contribution is 7.89. The number of sulfonamides is 1. The lowest BCUT2D eigenvalue weighted by Crippen LogP contribution is -2.53. The second kappa shape index (κ2) is 10.8. The van der Waals surface area contributed by atoms with E-state index in [9.17, 15) is 13.2 Å². The lowest BCUT2D eigenvalue weighted by molar-refractivity contribution is -0.137. The molecule has 4 rings (SSSR count). The molecule has 2 aliphatic heterocycles. The van der Waals surface area contributed by atoms with Crippen molar-refractivity contribution in [3.63, 3.8) is 0 Å². The van der Waals surface area contributed by atoms with Gasteiger partial charge in [-0.1, -0.05) is 37.6 Å². The van der Waals surface area contributed by atoms with Crippen LogP contribution in [0, 0.1) is 5.92 Å². The van der Waals surface area contributed by atoms with Crippen LogP contribution in [-0.2, 0) is 14.8 Å². The molecule has 2 saturated heterocycles. The van der Waals surface area contributed by atoms with Gasteiger partial charge < -0.3 is 14.5 Å². The zero-order valence-electron chi connectivity index (χ0n) is 20.6. The van der Waals surface area contributed by atoms with Crippen molar-refractivity contribution in [1.29, 1.82) is 0 Å². The van der Waals surface area contributed by atoms with Crippen LogP contribution in [0.2, 0.25) is 5.02 Å². The molecule has 2 fully saturated rings. The molecule has 2 aliphatic rings. The van der Waals surface area contributed by atoms with E-state index in [0.717, 1.165) is 24.3 Å². The number of piperazine rings is 1. The fourth-order valence-corrected chi connectivity index (χ4v) is 6.77. The molecule has 0 aromatic heterocycles. The minimum Gasteiger partial charge on any atom is -0.495 e. The second-order valence-corrected chi connectivity index (χ2v) is 11.9. The van der Waals surface area contributed by atoms with E-state index in [4.69, 9.17) is 16.3 Å². The zero-order chi connectivity index (χ0) is 25.2. The fourth-order valence-electron chi connectivity index (χ4n) is 4.87. The summed E-state index contributed by atoms with van der Waals surface area (Å²) < 4.78 is 34.1. The van der Waals surface area contributed by atoms with Gasteiger partial charge in [0.1, 0.15) is 10.6 Å². The van der Waals surface area contributed by atoms with Crippen LogP contribution >= 0.6 is 11.6 Å². The van der Waals surface area contributed by atoms with Crippen LogP contribution in [0.25, 0.3) is 0 Å². The highest BCUT2D eigenvalue weighted by Crippen LogP contribution is 2.33. The van der Waals surface area contributed by atoms with Crippen molar-refractivity contribution < 1.29 is 17.9 Å². The first kappa shape index (κ1) is 25.8. The van der Waals surface area contributed by atoms with Crippen molar-refractivity contribution in [2.75, 3.05) is 51.3 Å². The van der Waals surface area contributed by atoms with E-state index in [1.165, 1.54) is 11.4 Å². The van der Waals surface area contributed by atoms with Gasteiger partial charge in [0.15, 0.2) is 0 Å². The molecule has 9 heteroatoms. The Kier molecular flexibility index (Phi) is 7.93. The van der Waals surface area contributed by atoms with Crippen LogP contribution in [0.4, 0.5) is 5.69 Å². The average molecular weight is 520 g/mol. The Morgan fingerprint density at radius 3 is 2.46 bits per heavy atom.